The van der Waals surface area contributed by atoms with Crippen molar-refractivity contribution in [2.45, 2.75) is 11.5 Å². The summed E-state index contributed by atoms with van der Waals surface area (Å²) in [6.45, 7) is -0.482. The van der Waals surface area contributed by atoms with E-state index in [1.807, 2.05) is 0 Å². The summed E-state index contributed by atoms with van der Waals surface area (Å²) in [6.07, 6.45) is 0. The maximum absolute atomic E-state index is 14.0. The second-order valence-electron chi connectivity index (χ2n) is 6.30. The number of amides is 1. The van der Waals surface area contributed by atoms with Gasteiger partial charge in [-0.2, -0.15) is 0 Å². The van der Waals surface area contributed by atoms with Crippen LogP contribution in [0, 0.1) is 5.82 Å². The summed E-state index contributed by atoms with van der Waals surface area (Å²) in [5.74, 6) is -1.34. The molecule has 0 aliphatic rings. The second kappa shape index (κ2) is 9.21. The molecule has 0 aliphatic carbocycles. The number of ether oxygens (including phenoxy) is 1. The van der Waals surface area contributed by atoms with Crippen molar-refractivity contribution in [3.05, 3.63) is 81.6 Å². The molecule has 0 saturated carbocycles. The fourth-order valence-corrected chi connectivity index (χ4v) is 3.46. The molecular formula is C20H15Cl2FN2O5S. The molecule has 0 heterocycles. The third-order valence-corrected chi connectivity index (χ3v) is 5.74. The molecule has 11 heteroatoms. The molecular weight excluding hydrogens is 470 g/mol. The van der Waals surface area contributed by atoms with E-state index in [9.17, 15) is 17.6 Å². The first-order chi connectivity index (χ1) is 14.6. The van der Waals surface area contributed by atoms with Crippen molar-refractivity contribution >= 4 is 44.8 Å². The molecule has 0 unspecified atom stereocenters. The van der Waals surface area contributed by atoms with Crippen molar-refractivity contribution in [3.8, 4) is 11.5 Å². The number of halogens is 3. The Labute approximate surface area is 187 Å². The highest BCUT2D eigenvalue weighted by atomic mass is 35.5. The Hall–Kier alpha value is -2.69. The van der Waals surface area contributed by atoms with Gasteiger partial charge in [-0.1, -0.05) is 35.3 Å². The van der Waals surface area contributed by atoms with Gasteiger partial charge in [-0.3, -0.25) is 4.79 Å². The SMILES string of the molecule is NS(=O)(=O)c1cccc(NC(=O)c2cc(Cl)c(Cl)cc2Oc2ccc(CO)c(F)c2)c1. The molecule has 4 N–H and O–H groups in total. The number of sulfonamides is 1. The van der Waals surface area contributed by atoms with Crippen LogP contribution < -0.4 is 15.2 Å². The van der Waals surface area contributed by atoms with Crippen molar-refractivity contribution in [1.82, 2.24) is 0 Å². The van der Waals surface area contributed by atoms with Crippen molar-refractivity contribution in [2.75, 3.05) is 5.32 Å². The monoisotopic (exact) mass is 484 g/mol. The van der Waals surface area contributed by atoms with Gasteiger partial charge >= 0.3 is 0 Å². The smallest absolute Gasteiger partial charge is 0.259 e. The molecule has 0 aliphatic heterocycles. The molecule has 3 rings (SSSR count). The quantitative estimate of drug-likeness (QED) is 0.481. The van der Waals surface area contributed by atoms with Crippen molar-refractivity contribution in [3.63, 3.8) is 0 Å². The zero-order valence-corrected chi connectivity index (χ0v) is 17.9. The molecule has 7 nitrogen and oxygen atoms in total. The van der Waals surface area contributed by atoms with Crippen LogP contribution in [0.25, 0.3) is 0 Å². The molecule has 0 atom stereocenters. The number of carbonyl (C=O) groups is 1. The minimum atomic E-state index is -3.96. The van der Waals surface area contributed by atoms with Crippen LogP contribution in [0.5, 0.6) is 11.5 Å². The van der Waals surface area contributed by atoms with Crippen molar-refractivity contribution in [2.24, 2.45) is 5.14 Å². The van der Waals surface area contributed by atoms with Gasteiger partial charge in [-0.05, 0) is 30.3 Å². The van der Waals surface area contributed by atoms with Crippen LogP contribution in [-0.2, 0) is 16.6 Å². The fraction of sp³-hybridized carbons (Fsp3) is 0.0500. The highest BCUT2D eigenvalue weighted by Crippen LogP contribution is 2.34. The lowest BCUT2D eigenvalue weighted by Gasteiger charge is -2.14. The molecule has 0 bridgehead atoms. The van der Waals surface area contributed by atoms with Crippen LogP contribution in [-0.4, -0.2) is 19.4 Å². The van der Waals surface area contributed by atoms with E-state index in [-0.39, 0.29) is 43.3 Å². The molecule has 0 saturated heterocycles. The van der Waals surface area contributed by atoms with Gasteiger partial charge in [0.2, 0.25) is 10.0 Å². The van der Waals surface area contributed by atoms with Crippen LogP contribution in [0.2, 0.25) is 10.0 Å². The van der Waals surface area contributed by atoms with Crippen LogP contribution in [0.15, 0.2) is 59.5 Å². The van der Waals surface area contributed by atoms with Crippen LogP contribution in [0.4, 0.5) is 10.1 Å². The van der Waals surface area contributed by atoms with Gasteiger partial charge in [-0.15, -0.1) is 0 Å². The van der Waals surface area contributed by atoms with Crippen molar-refractivity contribution in [1.29, 1.82) is 0 Å². The number of primary sulfonamides is 1. The van der Waals surface area contributed by atoms with E-state index in [2.05, 4.69) is 5.32 Å². The van der Waals surface area contributed by atoms with E-state index in [1.165, 1.54) is 48.5 Å². The first-order valence-corrected chi connectivity index (χ1v) is 10.9. The first-order valence-electron chi connectivity index (χ1n) is 8.59. The Bertz CT molecular complexity index is 1270. The van der Waals surface area contributed by atoms with Crippen LogP contribution >= 0.6 is 23.2 Å². The number of carbonyl (C=O) groups excluding carboxylic acids is 1. The highest BCUT2D eigenvalue weighted by Gasteiger charge is 2.18. The molecule has 3 aromatic rings. The molecule has 0 radical (unpaired) electrons. The third-order valence-electron chi connectivity index (χ3n) is 4.11. The Morgan fingerprint density at radius 2 is 1.81 bits per heavy atom. The van der Waals surface area contributed by atoms with Gasteiger partial charge in [-0.25, -0.2) is 17.9 Å². The van der Waals surface area contributed by atoms with Gasteiger partial charge in [0.05, 0.1) is 27.1 Å². The molecule has 0 aromatic heterocycles. The molecule has 0 spiro atoms. The summed E-state index contributed by atoms with van der Waals surface area (Å²) < 4.78 is 42.6. The summed E-state index contributed by atoms with van der Waals surface area (Å²) >= 11 is 12.1. The molecule has 162 valence electrons. The number of hydrogen-bond acceptors (Lipinski definition) is 5. The lowest BCUT2D eigenvalue weighted by atomic mass is 10.1. The average molecular weight is 485 g/mol. The average Bonchev–Trinajstić information content (AvgIpc) is 2.70. The molecule has 3 aromatic carbocycles. The summed E-state index contributed by atoms with van der Waals surface area (Å²) in [4.78, 5) is 12.7. The highest BCUT2D eigenvalue weighted by molar-refractivity contribution is 7.89. The van der Waals surface area contributed by atoms with Gasteiger partial charge in [0.25, 0.3) is 5.91 Å². The molecule has 1 amide bonds. The Balaban J connectivity index is 1.94. The van der Waals surface area contributed by atoms with E-state index in [0.717, 1.165) is 6.07 Å². The topological polar surface area (TPSA) is 119 Å². The predicted molar refractivity (Wildman–Crippen MR) is 115 cm³/mol. The van der Waals surface area contributed by atoms with E-state index in [4.69, 9.17) is 38.2 Å². The predicted octanol–water partition coefficient (Wildman–Crippen LogP) is 4.32. The minimum Gasteiger partial charge on any atom is -0.456 e. The summed E-state index contributed by atoms with van der Waals surface area (Å²) in [6, 6.07) is 11.7. The van der Waals surface area contributed by atoms with Crippen LogP contribution in [0.3, 0.4) is 0 Å². The second-order valence-corrected chi connectivity index (χ2v) is 8.68. The van der Waals surface area contributed by atoms with E-state index < -0.39 is 28.4 Å². The normalized spacial score (nSPS) is 11.3. The zero-order valence-electron chi connectivity index (χ0n) is 15.6. The number of nitrogens with one attached hydrogen (secondary N) is 1. The lowest BCUT2D eigenvalue weighted by Crippen LogP contribution is -2.15. The minimum absolute atomic E-state index is 0.0225. The largest absolute Gasteiger partial charge is 0.456 e. The number of aliphatic hydroxyl groups is 1. The number of hydrogen-bond donors (Lipinski definition) is 3. The van der Waals surface area contributed by atoms with Gasteiger partial charge < -0.3 is 15.2 Å². The third kappa shape index (κ3) is 5.52. The van der Waals surface area contributed by atoms with E-state index in [0.29, 0.717) is 0 Å². The number of benzene rings is 3. The summed E-state index contributed by atoms with van der Waals surface area (Å²) in [7, 11) is -3.96. The zero-order chi connectivity index (χ0) is 22.8. The standard InChI is InChI=1S/C20H15Cl2FN2O5S/c21-16-8-15(20(27)25-12-2-1-3-14(6-12)31(24,28)29)19(9-17(16)22)30-13-5-4-11(10-26)18(23)7-13/h1-9,26H,10H2,(H,25,27)(H2,24,28,29). The number of anilines is 1. The lowest BCUT2D eigenvalue weighted by molar-refractivity contribution is 0.102. The number of aliphatic hydroxyl groups excluding tert-OH is 1. The Morgan fingerprint density at radius 3 is 2.45 bits per heavy atom. The molecule has 0 fully saturated rings. The van der Waals surface area contributed by atoms with Crippen molar-refractivity contribution < 1.29 is 27.4 Å². The first kappa shape index (κ1) is 23.0. The van der Waals surface area contributed by atoms with E-state index >= 15 is 0 Å². The number of nitrogens with two attached hydrogens (primary N) is 1. The number of rotatable bonds is 6. The maximum Gasteiger partial charge on any atom is 0.259 e. The van der Waals surface area contributed by atoms with Crippen LogP contribution in [0.1, 0.15) is 15.9 Å². The Morgan fingerprint density at radius 1 is 1.10 bits per heavy atom. The Kier molecular flexibility index (Phi) is 6.83. The summed E-state index contributed by atoms with van der Waals surface area (Å²) in [5, 5.41) is 16.9. The maximum atomic E-state index is 14.0. The van der Waals surface area contributed by atoms with Gasteiger partial charge in [0, 0.05) is 23.4 Å². The molecule has 31 heavy (non-hydrogen) atoms. The summed E-state index contributed by atoms with van der Waals surface area (Å²) in [5.41, 5.74) is 0.197. The van der Waals surface area contributed by atoms with Gasteiger partial charge in [0.1, 0.15) is 17.3 Å². The van der Waals surface area contributed by atoms with E-state index in [1.54, 1.807) is 0 Å². The van der Waals surface area contributed by atoms with Gasteiger partial charge in [0.15, 0.2) is 0 Å². The fourth-order valence-electron chi connectivity index (χ4n) is 2.59.